The Morgan fingerprint density at radius 3 is 1.15 bits per heavy atom. The Balaban J connectivity index is 1.48. The second-order valence-electron chi connectivity index (χ2n) is 20.8. The summed E-state index contributed by atoms with van der Waals surface area (Å²) in [6, 6.07) is 37.4. The van der Waals surface area contributed by atoms with Crippen LogP contribution in [0.4, 0.5) is 0 Å². The first kappa shape index (κ1) is 46.9. The van der Waals surface area contributed by atoms with Crippen molar-refractivity contribution in [3.05, 3.63) is 148 Å². The van der Waals surface area contributed by atoms with Gasteiger partial charge in [0.15, 0.2) is 0 Å². The van der Waals surface area contributed by atoms with E-state index >= 15 is 0 Å². The summed E-state index contributed by atoms with van der Waals surface area (Å²) >= 11 is 0. The Hall–Kier alpha value is -4.16. The van der Waals surface area contributed by atoms with Crippen molar-refractivity contribution in [2.24, 2.45) is 0 Å². The second-order valence-corrected chi connectivity index (χ2v) is 23.9. The van der Waals surface area contributed by atoms with Gasteiger partial charge in [0.25, 0.3) is 0 Å². The normalized spacial score (nSPS) is 12.8. The van der Waals surface area contributed by atoms with Crippen LogP contribution >= 0.6 is 16.5 Å². The quantitative estimate of drug-likeness (QED) is 0.124. The number of allylic oxidation sites excluding steroid dienone is 2. The smallest absolute Gasteiger partial charge is 0.326 e. The first-order valence-electron chi connectivity index (χ1n) is 21.3. The van der Waals surface area contributed by atoms with Crippen LogP contribution in [0.2, 0.25) is 0 Å². The van der Waals surface area contributed by atoms with Crippen LogP contribution in [0.1, 0.15) is 144 Å². The number of hydrogen-bond donors (Lipinski definition) is 0. The molecule has 1 unspecified atom stereocenters. The van der Waals surface area contributed by atoms with Crippen LogP contribution in [0.3, 0.4) is 0 Å². The maximum atomic E-state index is 7.02. The van der Waals surface area contributed by atoms with Gasteiger partial charge in [-0.1, -0.05) is 167 Å². The molecule has 0 saturated carbocycles. The average Bonchev–Trinajstić information content (AvgIpc) is 3.14. The monoisotopic (exact) mass is 840 g/mol. The molecule has 0 amide bonds. The van der Waals surface area contributed by atoms with Crippen molar-refractivity contribution in [2.75, 3.05) is 6.66 Å². The minimum Gasteiger partial charge on any atom is -0.469 e. The molecule has 5 aromatic carbocycles. The van der Waals surface area contributed by atoms with Gasteiger partial charge in [0.2, 0.25) is 0 Å². The highest BCUT2D eigenvalue weighted by molar-refractivity contribution is 7.60. The topological polar surface area (TPSA) is 27.7 Å². The lowest BCUT2D eigenvalue weighted by atomic mass is 9.80. The molecule has 0 aliphatic heterocycles. The van der Waals surface area contributed by atoms with Gasteiger partial charge in [-0.2, -0.15) is 0 Å². The van der Waals surface area contributed by atoms with Crippen molar-refractivity contribution in [3.63, 3.8) is 0 Å². The highest BCUT2D eigenvalue weighted by Crippen LogP contribution is 2.45. The number of benzene rings is 5. The summed E-state index contributed by atoms with van der Waals surface area (Å²) in [4.78, 5) is 0. The van der Waals surface area contributed by atoms with E-state index in [1.54, 1.807) is 0 Å². The predicted molar refractivity (Wildman–Crippen MR) is 266 cm³/mol. The van der Waals surface area contributed by atoms with Crippen LogP contribution in [0.25, 0.3) is 23.3 Å². The molecule has 0 spiro atoms. The maximum Gasteiger partial charge on any atom is 0.326 e. The lowest BCUT2D eigenvalue weighted by molar-refractivity contribution is 0.498. The van der Waals surface area contributed by atoms with E-state index in [1.165, 1.54) is 38.7 Å². The fraction of sp³-hybridized carbons (Fsp3) is 0.382. The molecule has 0 saturated heterocycles. The van der Waals surface area contributed by atoms with E-state index < -0.39 is 16.5 Å². The number of rotatable bonds is 11. The average molecular weight is 841 g/mol. The Labute approximate surface area is 366 Å². The van der Waals surface area contributed by atoms with Gasteiger partial charge in [0.1, 0.15) is 25.4 Å². The largest absolute Gasteiger partial charge is 0.469 e. The van der Waals surface area contributed by atoms with Crippen LogP contribution in [0.15, 0.2) is 114 Å². The molecule has 5 aromatic rings. The fourth-order valence-electron chi connectivity index (χ4n) is 6.85. The minimum atomic E-state index is -1.58. The van der Waals surface area contributed by atoms with Gasteiger partial charge in [-0.05, 0) is 126 Å². The Morgan fingerprint density at radius 1 is 0.417 bits per heavy atom. The zero-order valence-electron chi connectivity index (χ0n) is 39.6. The molecular weight excluding hydrogens is 771 g/mol. The summed E-state index contributed by atoms with van der Waals surface area (Å²) in [7, 11) is -2.45. The minimum absolute atomic E-state index is 0.00627. The second kappa shape index (κ2) is 18.4. The van der Waals surface area contributed by atoms with Crippen LogP contribution in [-0.2, 0) is 21.7 Å². The molecule has 5 heteroatoms. The van der Waals surface area contributed by atoms with Crippen molar-refractivity contribution >= 4 is 39.3 Å². The summed E-state index contributed by atoms with van der Waals surface area (Å²) in [6.07, 6.45) is 4.41. The van der Waals surface area contributed by atoms with Crippen LogP contribution in [0.5, 0.6) is 17.2 Å². The van der Waals surface area contributed by atoms with Crippen LogP contribution < -0.4 is 24.2 Å². The van der Waals surface area contributed by atoms with E-state index in [0.717, 1.165) is 44.8 Å². The Kier molecular flexibility index (Phi) is 14.4. The molecule has 0 N–H and O–H groups in total. The summed E-state index contributed by atoms with van der Waals surface area (Å²) in [5.41, 5.74) is 12.0. The molecule has 0 aromatic heterocycles. The summed E-state index contributed by atoms with van der Waals surface area (Å²) in [5.74, 6) is 2.59. The van der Waals surface area contributed by atoms with Gasteiger partial charge in [-0.15, -0.1) is 0 Å². The van der Waals surface area contributed by atoms with Crippen molar-refractivity contribution in [1.29, 1.82) is 0 Å². The third kappa shape index (κ3) is 12.2. The lowest BCUT2D eigenvalue weighted by Crippen LogP contribution is -2.17. The van der Waals surface area contributed by atoms with E-state index in [4.69, 9.17) is 13.6 Å². The highest BCUT2D eigenvalue weighted by atomic mass is 31.2. The van der Waals surface area contributed by atoms with E-state index in [0.29, 0.717) is 0 Å². The van der Waals surface area contributed by atoms with Crippen molar-refractivity contribution in [3.8, 4) is 28.4 Å². The standard InChI is InChI=1S/C55H70O3P2/c1-37(2)32-41-34-43(52(5,6)7)22-29-49(41)57-60(58-50-30-23-44(53(8,9)10)35-42(50)33-38(3)4)47-27-20-40(21-28-47)39-18-25-46(26-19-39)59(17)56-51-31-24-45(54(11,12)13)36-48(51)55(14,15)16/h18-36H,1-17H3. The van der Waals surface area contributed by atoms with Gasteiger partial charge >= 0.3 is 8.38 Å². The molecule has 0 heterocycles. The van der Waals surface area contributed by atoms with Crippen LogP contribution in [-0.4, -0.2) is 6.66 Å². The Morgan fingerprint density at radius 2 is 0.783 bits per heavy atom. The van der Waals surface area contributed by atoms with E-state index in [2.05, 4.69) is 233 Å². The van der Waals surface area contributed by atoms with Crippen molar-refractivity contribution < 1.29 is 13.6 Å². The fourth-order valence-corrected chi connectivity index (χ4v) is 9.31. The summed E-state index contributed by atoms with van der Waals surface area (Å²) in [5, 5.41) is 2.19. The van der Waals surface area contributed by atoms with E-state index in [-0.39, 0.29) is 21.7 Å². The molecule has 5 rings (SSSR count). The predicted octanol–water partition coefficient (Wildman–Crippen LogP) is 16.2. The lowest BCUT2D eigenvalue weighted by Gasteiger charge is -2.28. The first-order chi connectivity index (χ1) is 27.8. The zero-order chi connectivity index (χ0) is 44.4. The van der Waals surface area contributed by atoms with Gasteiger partial charge in [0.05, 0.1) is 5.30 Å². The van der Waals surface area contributed by atoms with Crippen molar-refractivity contribution in [2.45, 2.75) is 132 Å². The van der Waals surface area contributed by atoms with Gasteiger partial charge in [-0.25, -0.2) is 0 Å². The number of hydrogen-bond acceptors (Lipinski definition) is 3. The van der Waals surface area contributed by atoms with Gasteiger partial charge in [-0.3, -0.25) is 0 Å². The molecule has 0 aliphatic carbocycles. The molecular formula is C55H70O3P2. The molecule has 60 heavy (non-hydrogen) atoms. The summed E-state index contributed by atoms with van der Waals surface area (Å²) < 4.78 is 20.8. The Bertz CT molecular complexity index is 2230. The molecule has 0 bridgehead atoms. The SMILES string of the molecule is CC(C)=Cc1cc(C(C)(C)C)ccc1OP(Oc1ccc(C(C)(C)C)cc1C=C(C)C)c1ccc(-c2ccc(P(C)Oc3ccc(C(C)(C)C)cc3C(C)(C)C)cc2)cc1. The third-order valence-corrected chi connectivity index (χ3v) is 13.5. The third-order valence-electron chi connectivity index (χ3n) is 10.5. The molecule has 0 radical (unpaired) electrons. The van der Waals surface area contributed by atoms with E-state index in [1.807, 2.05) is 0 Å². The molecule has 0 aliphatic rings. The van der Waals surface area contributed by atoms with Crippen molar-refractivity contribution in [1.82, 2.24) is 0 Å². The van der Waals surface area contributed by atoms with Gasteiger partial charge < -0.3 is 13.6 Å². The highest BCUT2D eigenvalue weighted by Gasteiger charge is 2.26. The molecule has 318 valence electrons. The summed E-state index contributed by atoms with van der Waals surface area (Å²) in [6.45, 7) is 37.8. The molecule has 0 fully saturated rings. The van der Waals surface area contributed by atoms with E-state index in [9.17, 15) is 0 Å². The molecule has 3 nitrogen and oxygen atoms in total. The zero-order valence-corrected chi connectivity index (χ0v) is 41.4. The maximum absolute atomic E-state index is 7.02. The first-order valence-corrected chi connectivity index (χ1v) is 24.2. The van der Waals surface area contributed by atoms with Gasteiger partial charge in [0, 0.05) is 22.0 Å². The van der Waals surface area contributed by atoms with Crippen LogP contribution in [0, 0.1) is 0 Å². The molecule has 1 atom stereocenters.